The number of amides is 2. The maximum atomic E-state index is 11.5. The maximum Gasteiger partial charge on any atom is 0.314 e. The number of carbonyl (C=O) groups excluding carboxylic acids is 1. The zero-order valence-corrected chi connectivity index (χ0v) is 13.0. The van der Waals surface area contributed by atoms with Crippen molar-refractivity contribution in [2.75, 3.05) is 20.2 Å². The zero-order valence-electron chi connectivity index (χ0n) is 12.3. The van der Waals surface area contributed by atoms with Crippen molar-refractivity contribution >= 4 is 28.5 Å². The van der Waals surface area contributed by atoms with Crippen molar-refractivity contribution in [1.82, 2.24) is 15.6 Å². The van der Waals surface area contributed by atoms with E-state index in [0.717, 1.165) is 29.3 Å². The molecule has 0 saturated heterocycles. The number of ether oxygens (including phenoxy) is 1. The van der Waals surface area contributed by atoms with Crippen molar-refractivity contribution in [1.29, 1.82) is 0 Å². The molecule has 3 N–H and O–H groups in total. The molecule has 0 saturated carbocycles. The fourth-order valence-corrected chi connectivity index (χ4v) is 2.40. The average Bonchev–Trinajstić information content (AvgIpc) is 2.86. The van der Waals surface area contributed by atoms with Gasteiger partial charge in [0.2, 0.25) is 0 Å². The predicted octanol–water partition coefficient (Wildman–Crippen LogP) is 3.08. The summed E-state index contributed by atoms with van der Waals surface area (Å²) in [4.78, 5) is 14.7. The molecule has 0 spiro atoms. The molecule has 2 rings (SSSR count). The highest BCUT2D eigenvalue weighted by atomic mass is 35.5. The number of H-pyrrole nitrogens is 1. The molecule has 0 unspecified atom stereocenters. The number of fused-ring (bicyclic) bond motifs is 1. The molecule has 0 aliphatic carbocycles. The van der Waals surface area contributed by atoms with Crippen LogP contribution >= 0.6 is 11.6 Å². The van der Waals surface area contributed by atoms with Gasteiger partial charge in [0.1, 0.15) is 5.75 Å². The number of rotatable bonds is 6. The number of nitrogens with one attached hydrogen (secondary N) is 3. The summed E-state index contributed by atoms with van der Waals surface area (Å²) in [7, 11) is 1.60. The number of benzene rings is 1. The monoisotopic (exact) mass is 309 g/mol. The minimum atomic E-state index is -0.127. The van der Waals surface area contributed by atoms with E-state index < -0.39 is 0 Å². The van der Waals surface area contributed by atoms with Gasteiger partial charge in [-0.3, -0.25) is 0 Å². The Morgan fingerprint density at radius 1 is 1.33 bits per heavy atom. The number of aromatic nitrogens is 1. The van der Waals surface area contributed by atoms with Gasteiger partial charge in [-0.1, -0.05) is 18.5 Å². The average molecular weight is 310 g/mol. The third-order valence-corrected chi connectivity index (χ3v) is 3.55. The lowest BCUT2D eigenvalue weighted by molar-refractivity contribution is 0.241. The molecule has 0 atom stereocenters. The molecule has 0 radical (unpaired) electrons. The second-order valence-electron chi connectivity index (χ2n) is 4.78. The molecule has 6 heteroatoms. The lowest BCUT2D eigenvalue weighted by Gasteiger charge is -2.07. The summed E-state index contributed by atoms with van der Waals surface area (Å²) in [5.41, 5.74) is 2.09. The van der Waals surface area contributed by atoms with E-state index >= 15 is 0 Å². The number of hydrogen-bond acceptors (Lipinski definition) is 2. The quantitative estimate of drug-likeness (QED) is 0.767. The van der Waals surface area contributed by atoms with E-state index in [-0.39, 0.29) is 6.03 Å². The van der Waals surface area contributed by atoms with E-state index in [1.54, 1.807) is 7.11 Å². The lowest BCUT2D eigenvalue weighted by atomic mass is 10.1. The smallest absolute Gasteiger partial charge is 0.314 e. The fourth-order valence-electron chi connectivity index (χ4n) is 2.16. The van der Waals surface area contributed by atoms with E-state index in [1.807, 2.05) is 25.3 Å². The number of carbonyl (C=O) groups is 1. The van der Waals surface area contributed by atoms with E-state index in [2.05, 4.69) is 15.6 Å². The normalized spacial score (nSPS) is 10.6. The molecule has 1 heterocycles. The molecule has 2 aromatic rings. The largest absolute Gasteiger partial charge is 0.495 e. The van der Waals surface area contributed by atoms with Crippen LogP contribution in [0.2, 0.25) is 5.02 Å². The van der Waals surface area contributed by atoms with Crippen LogP contribution in [0, 0.1) is 0 Å². The van der Waals surface area contributed by atoms with Gasteiger partial charge in [0.15, 0.2) is 0 Å². The van der Waals surface area contributed by atoms with Crippen LogP contribution in [0.25, 0.3) is 10.9 Å². The molecule has 0 bridgehead atoms. The van der Waals surface area contributed by atoms with Crippen LogP contribution in [-0.4, -0.2) is 31.2 Å². The summed E-state index contributed by atoms with van der Waals surface area (Å²) in [5, 5.41) is 7.26. The summed E-state index contributed by atoms with van der Waals surface area (Å²) in [6.45, 7) is 3.28. The molecular weight excluding hydrogens is 290 g/mol. The van der Waals surface area contributed by atoms with Crippen molar-refractivity contribution in [3.05, 3.63) is 28.9 Å². The van der Waals surface area contributed by atoms with E-state index in [1.165, 1.54) is 0 Å². The first kappa shape index (κ1) is 15.5. The molecule has 1 aromatic heterocycles. The van der Waals surface area contributed by atoms with Gasteiger partial charge in [-0.2, -0.15) is 0 Å². The van der Waals surface area contributed by atoms with Crippen LogP contribution in [0.1, 0.15) is 18.9 Å². The number of methoxy groups -OCH3 is 1. The highest BCUT2D eigenvalue weighted by molar-refractivity contribution is 6.32. The summed E-state index contributed by atoms with van der Waals surface area (Å²) in [5.74, 6) is 0.652. The second kappa shape index (κ2) is 7.22. The Kier molecular flexibility index (Phi) is 5.33. The van der Waals surface area contributed by atoms with Crippen molar-refractivity contribution in [3.8, 4) is 5.75 Å². The Labute approximate surface area is 129 Å². The second-order valence-corrected chi connectivity index (χ2v) is 5.19. The Balaban J connectivity index is 2.01. The number of halogens is 1. The van der Waals surface area contributed by atoms with Gasteiger partial charge in [-0.25, -0.2) is 4.79 Å². The van der Waals surface area contributed by atoms with Crippen LogP contribution in [0.5, 0.6) is 5.75 Å². The highest BCUT2D eigenvalue weighted by Crippen LogP contribution is 2.31. The van der Waals surface area contributed by atoms with E-state index in [4.69, 9.17) is 16.3 Å². The van der Waals surface area contributed by atoms with E-state index in [0.29, 0.717) is 23.9 Å². The molecule has 0 aliphatic rings. The standard InChI is InChI=1S/C15H20ClN3O2/c1-3-5-17-15(20)18-6-4-10-9-19-13-8-12(16)14(21-2)7-11(10)13/h7-9,19H,3-6H2,1-2H3,(H2,17,18,20). The van der Waals surface area contributed by atoms with Crippen LogP contribution in [0.15, 0.2) is 18.3 Å². The lowest BCUT2D eigenvalue weighted by Crippen LogP contribution is -2.36. The molecule has 2 amide bonds. The molecule has 0 aliphatic heterocycles. The molecule has 0 fully saturated rings. The van der Waals surface area contributed by atoms with Gasteiger partial charge in [-0.15, -0.1) is 0 Å². The highest BCUT2D eigenvalue weighted by Gasteiger charge is 2.09. The Morgan fingerprint density at radius 2 is 2.10 bits per heavy atom. The van der Waals surface area contributed by atoms with Crippen LogP contribution in [0.3, 0.4) is 0 Å². The molecule has 5 nitrogen and oxygen atoms in total. The van der Waals surface area contributed by atoms with Gasteiger partial charge in [-0.05, 0) is 30.5 Å². The Bertz CT molecular complexity index is 625. The molecule has 114 valence electrons. The summed E-state index contributed by atoms with van der Waals surface area (Å²) in [6.07, 6.45) is 3.60. The van der Waals surface area contributed by atoms with Crippen LogP contribution in [0.4, 0.5) is 4.79 Å². The summed E-state index contributed by atoms with van der Waals surface area (Å²) < 4.78 is 5.24. The van der Waals surface area contributed by atoms with Gasteiger partial charge in [0, 0.05) is 30.2 Å². The first-order valence-electron chi connectivity index (χ1n) is 7.01. The Morgan fingerprint density at radius 3 is 2.81 bits per heavy atom. The number of urea groups is 1. The first-order chi connectivity index (χ1) is 10.2. The summed E-state index contributed by atoms with van der Waals surface area (Å²) >= 11 is 6.10. The zero-order chi connectivity index (χ0) is 15.2. The molecule has 21 heavy (non-hydrogen) atoms. The minimum Gasteiger partial charge on any atom is -0.495 e. The number of hydrogen-bond donors (Lipinski definition) is 3. The van der Waals surface area contributed by atoms with Crippen molar-refractivity contribution in [3.63, 3.8) is 0 Å². The summed E-state index contributed by atoms with van der Waals surface area (Å²) in [6, 6.07) is 3.64. The van der Waals surface area contributed by atoms with Crippen LogP contribution < -0.4 is 15.4 Å². The van der Waals surface area contributed by atoms with Crippen molar-refractivity contribution in [2.45, 2.75) is 19.8 Å². The third-order valence-electron chi connectivity index (χ3n) is 3.26. The SMILES string of the molecule is CCCNC(=O)NCCc1c[nH]c2cc(Cl)c(OC)cc12. The van der Waals surface area contributed by atoms with Gasteiger partial charge in [0.05, 0.1) is 12.1 Å². The van der Waals surface area contributed by atoms with Crippen LogP contribution in [-0.2, 0) is 6.42 Å². The predicted molar refractivity (Wildman–Crippen MR) is 85.3 cm³/mol. The molecule has 1 aromatic carbocycles. The third kappa shape index (κ3) is 3.82. The van der Waals surface area contributed by atoms with Crippen molar-refractivity contribution in [2.24, 2.45) is 0 Å². The Hall–Kier alpha value is -1.88. The van der Waals surface area contributed by atoms with Gasteiger partial charge in [0.25, 0.3) is 0 Å². The van der Waals surface area contributed by atoms with E-state index in [9.17, 15) is 4.79 Å². The maximum absolute atomic E-state index is 11.5. The topological polar surface area (TPSA) is 66.2 Å². The first-order valence-corrected chi connectivity index (χ1v) is 7.38. The molecular formula is C15H20ClN3O2. The fraction of sp³-hybridized carbons (Fsp3) is 0.400. The van der Waals surface area contributed by atoms with Crippen molar-refractivity contribution < 1.29 is 9.53 Å². The van der Waals surface area contributed by atoms with Gasteiger partial charge >= 0.3 is 6.03 Å². The number of aromatic amines is 1. The van der Waals surface area contributed by atoms with Gasteiger partial charge < -0.3 is 20.4 Å². The minimum absolute atomic E-state index is 0.127.